The summed E-state index contributed by atoms with van der Waals surface area (Å²) in [6, 6.07) is 1.88. The van der Waals surface area contributed by atoms with Crippen LogP contribution < -0.4 is 11.1 Å². The average molecular weight is 320 g/mol. The third-order valence-corrected chi connectivity index (χ3v) is 5.14. The Bertz CT molecular complexity index is 605. The van der Waals surface area contributed by atoms with Gasteiger partial charge in [0.2, 0.25) is 0 Å². The van der Waals surface area contributed by atoms with Gasteiger partial charge in [-0.15, -0.1) is 16.4 Å². The molecule has 1 atom stereocenters. The van der Waals surface area contributed by atoms with E-state index in [1.54, 1.807) is 0 Å². The van der Waals surface area contributed by atoms with Crippen LogP contribution in [0.5, 0.6) is 0 Å². The summed E-state index contributed by atoms with van der Waals surface area (Å²) in [5, 5.41) is 16.0. The number of tetrazole rings is 1. The van der Waals surface area contributed by atoms with Gasteiger partial charge in [-0.05, 0) is 40.6 Å². The van der Waals surface area contributed by atoms with Crippen LogP contribution in [0.25, 0.3) is 5.69 Å². The van der Waals surface area contributed by atoms with E-state index in [-0.39, 0.29) is 11.9 Å². The highest BCUT2D eigenvalue weighted by Crippen LogP contribution is 2.27. The van der Waals surface area contributed by atoms with Gasteiger partial charge in [0.15, 0.2) is 0 Å². The number of nitrogens with two attached hydrogens (primary N) is 1. The first kappa shape index (κ1) is 15.1. The highest BCUT2D eigenvalue weighted by molar-refractivity contribution is 7.12. The van der Waals surface area contributed by atoms with Crippen LogP contribution in [-0.4, -0.2) is 38.7 Å². The number of thiophene rings is 1. The molecule has 3 rings (SSSR count). The minimum Gasteiger partial charge on any atom is -0.347 e. The normalized spacial score (nSPS) is 17.3. The zero-order valence-corrected chi connectivity index (χ0v) is 13.1. The number of rotatable bonds is 5. The van der Waals surface area contributed by atoms with Crippen molar-refractivity contribution in [3.63, 3.8) is 0 Å². The summed E-state index contributed by atoms with van der Waals surface area (Å²) < 4.78 is 1.50. The van der Waals surface area contributed by atoms with E-state index in [2.05, 4.69) is 20.8 Å². The number of hydrogen-bond acceptors (Lipinski definition) is 6. The number of carbonyl (C=O) groups is 1. The molecule has 1 fully saturated rings. The number of carbonyl (C=O) groups excluding carboxylic acids is 1. The monoisotopic (exact) mass is 320 g/mol. The standard InChI is InChI=1S/C14H20N6OS/c15-8-11(10-4-2-1-3-5-10)17-14(21)13-12(6-7-22-13)20-9-16-18-19-20/h6-7,9-11H,1-5,8,15H2,(H,17,21). The maximum atomic E-state index is 12.6. The Balaban J connectivity index is 1.72. The van der Waals surface area contributed by atoms with E-state index in [9.17, 15) is 4.79 Å². The Labute approximate surface area is 132 Å². The fourth-order valence-electron chi connectivity index (χ4n) is 3.06. The topological polar surface area (TPSA) is 98.7 Å². The maximum Gasteiger partial charge on any atom is 0.263 e. The number of nitrogens with one attached hydrogen (secondary N) is 1. The number of aromatic nitrogens is 4. The first-order chi connectivity index (χ1) is 10.8. The highest BCUT2D eigenvalue weighted by Gasteiger charge is 2.26. The molecule has 1 saturated carbocycles. The number of amides is 1. The van der Waals surface area contributed by atoms with E-state index in [0.29, 0.717) is 23.0 Å². The largest absolute Gasteiger partial charge is 0.347 e. The summed E-state index contributed by atoms with van der Waals surface area (Å²) in [7, 11) is 0. The quantitative estimate of drug-likeness (QED) is 0.866. The minimum absolute atomic E-state index is 0.0385. The van der Waals surface area contributed by atoms with Crippen molar-refractivity contribution in [3.05, 3.63) is 22.7 Å². The lowest BCUT2D eigenvalue weighted by Crippen LogP contribution is -2.45. The molecule has 2 heterocycles. The van der Waals surface area contributed by atoms with Crippen LogP contribution in [0.4, 0.5) is 0 Å². The molecular weight excluding hydrogens is 300 g/mol. The fourth-order valence-corrected chi connectivity index (χ4v) is 3.85. The molecular formula is C14H20N6OS. The van der Waals surface area contributed by atoms with Crippen molar-refractivity contribution < 1.29 is 4.79 Å². The van der Waals surface area contributed by atoms with Gasteiger partial charge >= 0.3 is 0 Å². The zero-order valence-electron chi connectivity index (χ0n) is 12.3. The molecule has 118 valence electrons. The molecule has 1 unspecified atom stereocenters. The Morgan fingerprint density at radius 3 is 2.95 bits per heavy atom. The van der Waals surface area contributed by atoms with Gasteiger partial charge in [-0.25, -0.2) is 0 Å². The molecule has 0 saturated heterocycles. The van der Waals surface area contributed by atoms with Gasteiger partial charge in [0, 0.05) is 12.6 Å². The van der Waals surface area contributed by atoms with Crippen molar-refractivity contribution in [1.82, 2.24) is 25.5 Å². The first-order valence-corrected chi connectivity index (χ1v) is 8.49. The summed E-state index contributed by atoms with van der Waals surface area (Å²) in [6.07, 6.45) is 7.52. The molecule has 3 N–H and O–H groups in total. The molecule has 8 heteroatoms. The summed E-state index contributed by atoms with van der Waals surface area (Å²) in [5.74, 6) is 0.390. The van der Waals surface area contributed by atoms with Crippen molar-refractivity contribution in [2.75, 3.05) is 6.54 Å². The summed E-state index contributed by atoms with van der Waals surface area (Å²) in [4.78, 5) is 13.2. The second kappa shape index (κ2) is 6.97. The van der Waals surface area contributed by atoms with Crippen LogP contribution in [0, 0.1) is 5.92 Å². The van der Waals surface area contributed by atoms with Gasteiger partial charge in [-0.1, -0.05) is 19.3 Å². The fraction of sp³-hybridized carbons (Fsp3) is 0.571. The van der Waals surface area contributed by atoms with Gasteiger partial charge in [-0.2, -0.15) is 4.68 Å². The predicted octanol–water partition coefficient (Wildman–Crippen LogP) is 1.36. The third kappa shape index (κ3) is 3.17. The Hall–Kier alpha value is -1.80. The molecule has 2 aromatic rings. The molecule has 1 aliphatic carbocycles. The van der Waals surface area contributed by atoms with Gasteiger partial charge in [0.05, 0.1) is 5.69 Å². The maximum absolute atomic E-state index is 12.6. The molecule has 0 aromatic carbocycles. The van der Waals surface area contributed by atoms with Gasteiger partial charge < -0.3 is 11.1 Å². The van der Waals surface area contributed by atoms with Crippen LogP contribution in [0.2, 0.25) is 0 Å². The lowest BCUT2D eigenvalue weighted by molar-refractivity contribution is 0.0919. The first-order valence-electron chi connectivity index (χ1n) is 7.61. The molecule has 22 heavy (non-hydrogen) atoms. The summed E-state index contributed by atoms with van der Waals surface area (Å²) >= 11 is 1.39. The van der Waals surface area contributed by atoms with E-state index in [1.807, 2.05) is 11.4 Å². The summed E-state index contributed by atoms with van der Waals surface area (Å²) in [6.45, 7) is 0.474. The second-order valence-electron chi connectivity index (χ2n) is 5.60. The molecule has 7 nitrogen and oxygen atoms in total. The number of nitrogens with zero attached hydrogens (tertiary/aromatic N) is 4. The Morgan fingerprint density at radius 1 is 1.45 bits per heavy atom. The van der Waals surface area contributed by atoms with Crippen molar-refractivity contribution in [2.24, 2.45) is 11.7 Å². The minimum atomic E-state index is -0.0958. The van der Waals surface area contributed by atoms with Crippen molar-refractivity contribution >= 4 is 17.2 Å². The van der Waals surface area contributed by atoms with Crippen LogP contribution in [0.1, 0.15) is 41.8 Å². The van der Waals surface area contributed by atoms with E-state index in [0.717, 1.165) is 12.8 Å². The smallest absolute Gasteiger partial charge is 0.263 e. The SMILES string of the molecule is NCC(NC(=O)c1sccc1-n1cnnn1)C1CCCCC1. The van der Waals surface area contributed by atoms with E-state index >= 15 is 0 Å². The molecule has 1 amide bonds. The second-order valence-corrected chi connectivity index (χ2v) is 6.52. The lowest BCUT2D eigenvalue weighted by atomic mass is 9.84. The van der Waals surface area contributed by atoms with Crippen molar-refractivity contribution in [1.29, 1.82) is 0 Å². The number of hydrogen-bond donors (Lipinski definition) is 2. The van der Waals surface area contributed by atoms with E-state index in [4.69, 9.17) is 5.73 Å². The molecule has 2 aromatic heterocycles. The van der Waals surface area contributed by atoms with Crippen LogP contribution >= 0.6 is 11.3 Å². The van der Waals surface area contributed by atoms with E-state index < -0.39 is 0 Å². The average Bonchev–Trinajstić information content (AvgIpc) is 3.23. The molecule has 1 aliphatic rings. The van der Waals surface area contributed by atoms with Gasteiger partial charge in [-0.3, -0.25) is 4.79 Å². The summed E-state index contributed by atoms with van der Waals surface area (Å²) in [5.41, 5.74) is 6.59. The third-order valence-electron chi connectivity index (χ3n) is 4.24. The van der Waals surface area contributed by atoms with Crippen molar-refractivity contribution in [2.45, 2.75) is 38.1 Å². The Kier molecular flexibility index (Phi) is 4.79. The Morgan fingerprint density at radius 2 is 2.27 bits per heavy atom. The zero-order chi connectivity index (χ0) is 15.4. The van der Waals surface area contributed by atoms with Crippen LogP contribution in [0.3, 0.4) is 0 Å². The van der Waals surface area contributed by atoms with E-state index in [1.165, 1.54) is 41.6 Å². The highest BCUT2D eigenvalue weighted by atomic mass is 32.1. The molecule has 0 bridgehead atoms. The van der Waals surface area contributed by atoms with Crippen LogP contribution in [0.15, 0.2) is 17.8 Å². The van der Waals surface area contributed by atoms with Gasteiger partial charge in [0.25, 0.3) is 5.91 Å². The molecule has 0 radical (unpaired) electrons. The molecule has 0 aliphatic heterocycles. The van der Waals surface area contributed by atoms with Gasteiger partial charge in [0.1, 0.15) is 11.2 Å². The van der Waals surface area contributed by atoms with Crippen LogP contribution in [-0.2, 0) is 0 Å². The van der Waals surface area contributed by atoms with Crippen molar-refractivity contribution in [3.8, 4) is 5.69 Å². The molecule has 0 spiro atoms. The predicted molar refractivity (Wildman–Crippen MR) is 83.9 cm³/mol. The lowest BCUT2D eigenvalue weighted by Gasteiger charge is -2.30.